The molecule has 0 spiro atoms. The molecule has 118 valence electrons. The van der Waals surface area contributed by atoms with Crippen LogP contribution in [0.2, 0.25) is 0 Å². The van der Waals surface area contributed by atoms with E-state index in [2.05, 4.69) is 20.4 Å². The van der Waals surface area contributed by atoms with Crippen molar-refractivity contribution < 1.29 is 4.39 Å². The van der Waals surface area contributed by atoms with Gasteiger partial charge < -0.3 is 11.1 Å². The number of aromatic nitrogens is 4. The lowest BCUT2D eigenvalue weighted by Gasteiger charge is -2.08. The molecule has 0 aliphatic heterocycles. The van der Waals surface area contributed by atoms with Gasteiger partial charge in [-0.1, -0.05) is 0 Å². The van der Waals surface area contributed by atoms with E-state index in [1.165, 1.54) is 25.0 Å². The molecule has 1 aliphatic carbocycles. The maximum absolute atomic E-state index is 13.2. The third-order valence-corrected chi connectivity index (χ3v) is 4.10. The maximum Gasteiger partial charge on any atom is 0.225 e. The number of hydrogen-bond donors (Lipinski definition) is 2. The normalized spacial score (nSPS) is 14.3. The Bertz CT molecular complexity index is 866. The van der Waals surface area contributed by atoms with Gasteiger partial charge in [0.1, 0.15) is 11.6 Å². The van der Waals surface area contributed by atoms with Crippen molar-refractivity contribution >= 4 is 22.8 Å². The Hall–Kier alpha value is -2.70. The Kier molecular flexibility index (Phi) is 3.14. The fourth-order valence-electron chi connectivity index (χ4n) is 2.57. The van der Waals surface area contributed by atoms with Crippen molar-refractivity contribution in [1.82, 2.24) is 19.7 Å². The van der Waals surface area contributed by atoms with E-state index < -0.39 is 0 Å². The van der Waals surface area contributed by atoms with Gasteiger partial charge in [-0.2, -0.15) is 10.1 Å². The predicted molar refractivity (Wildman–Crippen MR) is 87.3 cm³/mol. The third kappa shape index (κ3) is 2.58. The summed E-state index contributed by atoms with van der Waals surface area (Å²) in [5.41, 5.74) is 8.10. The number of nitrogens with zero attached hydrogens (tertiary/aromatic N) is 4. The fraction of sp³-hybridized carbons (Fsp3) is 0.312. The summed E-state index contributed by atoms with van der Waals surface area (Å²) in [6.45, 7) is 0.858. The lowest BCUT2D eigenvalue weighted by Crippen LogP contribution is -2.07. The van der Waals surface area contributed by atoms with Crippen LogP contribution in [0.25, 0.3) is 22.3 Å². The van der Waals surface area contributed by atoms with Crippen LogP contribution in [0, 0.1) is 11.7 Å². The fourth-order valence-corrected chi connectivity index (χ4v) is 2.57. The molecule has 0 atom stereocenters. The molecule has 3 N–H and O–H groups in total. The summed E-state index contributed by atoms with van der Waals surface area (Å²) >= 11 is 0. The van der Waals surface area contributed by atoms with Gasteiger partial charge in [-0.25, -0.2) is 9.37 Å². The van der Waals surface area contributed by atoms with E-state index >= 15 is 0 Å². The van der Waals surface area contributed by atoms with Gasteiger partial charge in [0, 0.05) is 19.2 Å². The molecule has 1 fully saturated rings. The van der Waals surface area contributed by atoms with E-state index in [1.54, 1.807) is 23.9 Å². The topological polar surface area (TPSA) is 81.7 Å². The summed E-state index contributed by atoms with van der Waals surface area (Å²) in [7, 11) is 1.77. The highest BCUT2D eigenvalue weighted by Crippen LogP contribution is 2.32. The average Bonchev–Trinajstić information content (AvgIpc) is 3.32. The number of fused-ring (bicyclic) bond motifs is 1. The SMILES string of the molecule is Cn1nc2nc(NCC3CC3)nc(-c3ccc(F)cc3)c2c1N. The molecule has 1 aromatic carbocycles. The van der Waals surface area contributed by atoms with E-state index in [4.69, 9.17) is 5.73 Å². The minimum absolute atomic E-state index is 0.287. The highest BCUT2D eigenvalue weighted by Gasteiger charge is 2.22. The number of nitrogens with one attached hydrogen (secondary N) is 1. The van der Waals surface area contributed by atoms with Crippen LogP contribution in [-0.2, 0) is 7.05 Å². The minimum atomic E-state index is -0.287. The standard InChI is InChI=1S/C16H17FN6/c1-23-14(18)12-13(10-4-6-11(17)7-5-10)20-16(21-15(12)22-23)19-8-9-2-3-9/h4-7,9H,2-3,8,18H2,1H3,(H,19,21,22). The third-order valence-electron chi connectivity index (χ3n) is 4.10. The minimum Gasteiger partial charge on any atom is -0.383 e. The first kappa shape index (κ1) is 13.9. The summed E-state index contributed by atoms with van der Waals surface area (Å²) in [4.78, 5) is 9.05. The monoisotopic (exact) mass is 312 g/mol. The predicted octanol–water partition coefficient (Wildman–Crippen LogP) is 2.57. The molecular weight excluding hydrogens is 295 g/mol. The van der Waals surface area contributed by atoms with Crippen molar-refractivity contribution in [2.75, 3.05) is 17.6 Å². The quantitative estimate of drug-likeness (QED) is 0.774. The van der Waals surface area contributed by atoms with Crippen LogP contribution in [0.15, 0.2) is 24.3 Å². The van der Waals surface area contributed by atoms with Crippen molar-refractivity contribution in [2.24, 2.45) is 13.0 Å². The molecule has 7 heteroatoms. The van der Waals surface area contributed by atoms with Crippen LogP contribution in [0.3, 0.4) is 0 Å². The molecule has 1 saturated carbocycles. The van der Waals surface area contributed by atoms with Crippen LogP contribution in [0.4, 0.5) is 16.2 Å². The van der Waals surface area contributed by atoms with Gasteiger partial charge in [0.05, 0.1) is 11.1 Å². The molecular formula is C16H17FN6. The molecule has 6 nitrogen and oxygen atoms in total. The number of nitrogens with two attached hydrogens (primary N) is 1. The second kappa shape index (κ2) is 5.19. The molecule has 2 aromatic heterocycles. The van der Waals surface area contributed by atoms with Crippen molar-refractivity contribution in [3.05, 3.63) is 30.1 Å². The van der Waals surface area contributed by atoms with Gasteiger partial charge >= 0.3 is 0 Å². The number of hydrogen-bond acceptors (Lipinski definition) is 5. The zero-order valence-corrected chi connectivity index (χ0v) is 12.8. The van der Waals surface area contributed by atoms with Gasteiger partial charge in [0.2, 0.25) is 5.95 Å². The van der Waals surface area contributed by atoms with Crippen LogP contribution in [-0.4, -0.2) is 26.3 Å². The Morgan fingerprint density at radius 3 is 2.70 bits per heavy atom. The lowest BCUT2D eigenvalue weighted by atomic mass is 10.1. The van der Waals surface area contributed by atoms with Gasteiger partial charge in [0.15, 0.2) is 5.65 Å². The summed E-state index contributed by atoms with van der Waals surface area (Å²) in [6, 6.07) is 6.20. The van der Waals surface area contributed by atoms with Crippen molar-refractivity contribution in [3.8, 4) is 11.3 Å². The van der Waals surface area contributed by atoms with Gasteiger partial charge in [0.25, 0.3) is 0 Å². The Morgan fingerprint density at radius 2 is 2.00 bits per heavy atom. The second-order valence-electron chi connectivity index (χ2n) is 5.93. The highest BCUT2D eigenvalue weighted by molar-refractivity contribution is 5.98. The van der Waals surface area contributed by atoms with E-state index in [0.717, 1.165) is 12.1 Å². The molecule has 1 aliphatic rings. The van der Waals surface area contributed by atoms with Gasteiger partial charge in [-0.3, -0.25) is 4.68 Å². The second-order valence-corrected chi connectivity index (χ2v) is 5.93. The first-order valence-electron chi connectivity index (χ1n) is 7.62. The number of halogens is 1. The summed E-state index contributed by atoms with van der Waals surface area (Å²) in [6.07, 6.45) is 2.49. The van der Waals surface area contributed by atoms with Crippen molar-refractivity contribution in [2.45, 2.75) is 12.8 Å². The molecule has 3 aromatic rings. The molecule has 0 radical (unpaired) electrons. The molecule has 4 rings (SSSR count). The number of rotatable bonds is 4. The van der Waals surface area contributed by atoms with E-state index in [0.29, 0.717) is 34.4 Å². The largest absolute Gasteiger partial charge is 0.383 e. The highest BCUT2D eigenvalue weighted by atomic mass is 19.1. The first-order valence-corrected chi connectivity index (χ1v) is 7.62. The van der Waals surface area contributed by atoms with Crippen LogP contribution in [0.5, 0.6) is 0 Å². The number of anilines is 2. The van der Waals surface area contributed by atoms with E-state index in [1.807, 2.05) is 0 Å². The van der Waals surface area contributed by atoms with Crippen LogP contribution in [0.1, 0.15) is 12.8 Å². The maximum atomic E-state index is 13.2. The zero-order chi connectivity index (χ0) is 16.0. The number of benzene rings is 1. The lowest BCUT2D eigenvalue weighted by molar-refractivity contribution is 0.628. The molecule has 0 unspecified atom stereocenters. The summed E-state index contributed by atoms with van der Waals surface area (Å²) in [5, 5.41) is 8.30. The van der Waals surface area contributed by atoms with E-state index in [9.17, 15) is 4.39 Å². The van der Waals surface area contributed by atoms with Crippen molar-refractivity contribution in [3.63, 3.8) is 0 Å². The smallest absolute Gasteiger partial charge is 0.225 e. The van der Waals surface area contributed by atoms with Gasteiger partial charge in [-0.05, 0) is 43.0 Å². The molecule has 0 saturated heterocycles. The molecule has 23 heavy (non-hydrogen) atoms. The molecule has 0 bridgehead atoms. The number of aryl methyl sites for hydroxylation is 1. The van der Waals surface area contributed by atoms with Gasteiger partial charge in [-0.15, -0.1) is 0 Å². The van der Waals surface area contributed by atoms with Crippen LogP contribution >= 0.6 is 0 Å². The zero-order valence-electron chi connectivity index (χ0n) is 12.8. The first-order chi connectivity index (χ1) is 11.1. The Labute approximate surface area is 132 Å². The average molecular weight is 312 g/mol. The van der Waals surface area contributed by atoms with Crippen LogP contribution < -0.4 is 11.1 Å². The van der Waals surface area contributed by atoms with Crippen molar-refractivity contribution in [1.29, 1.82) is 0 Å². The molecule has 2 heterocycles. The number of nitrogen functional groups attached to an aromatic ring is 1. The van der Waals surface area contributed by atoms with E-state index in [-0.39, 0.29) is 5.82 Å². The summed E-state index contributed by atoms with van der Waals surface area (Å²) < 4.78 is 14.8. The molecule has 0 amide bonds. The Balaban J connectivity index is 1.85. The summed E-state index contributed by atoms with van der Waals surface area (Å²) in [5.74, 6) is 1.44. The Morgan fingerprint density at radius 1 is 1.26 bits per heavy atom.